The zero-order valence-corrected chi connectivity index (χ0v) is 11.8. The fourth-order valence-electron chi connectivity index (χ4n) is 2.50. The SMILES string of the molecule is CCOC(C)CN1C(=O)C(C)NC1c1ccccc1. The molecule has 1 heterocycles. The Labute approximate surface area is 114 Å². The van der Waals surface area contributed by atoms with Gasteiger partial charge < -0.3 is 9.64 Å². The Kier molecular flexibility index (Phi) is 4.56. The molecule has 1 aromatic rings. The summed E-state index contributed by atoms with van der Waals surface area (Å²) in [6, 6.07) is 9.92. The van der Waals surface area contributed by atoms with Gasteiger partial charge in [-0.1, -0.05) is 30.3 Å². The molecule has 0 saturated carbocycles. The third-order valence-electron chi connectivity index (χ3n) is 3.39. The van der Waals surface area contributed by atoms with Gasteiger partial charge in [-0.25, -0.2) is 0 Å². The third kappa shape index (κ3) is 3.14. The molecule has 1 aliphatic heterocycles. The van der Waals surface area contributed by atoms with E-state index < -0.39 is 0 Å². The van der Waals surface area contributed by atoms with Crippen molar-refractivity contribution in [1.82, 2.24) is 10.2 Å². The van der Waals surface area contributed by atoms with Gasteiger partial charge in [-0.2, -0.15) is 0 Å². The van der Waals surface area contributed by atoms with Crippen LogP contribution in [0.3, 0.4) is 0 Å². The average Bonchev–Trinajstić information content (AvgIpc) is 2.68. The number of nitrogens with zero attached hydrogens (tertiary/aromatic N) is 1. The maximum atomic E-state index is 12.2. The van der Waals surface area contributed by atoms with Gasteiger partial charge in [-0.15, -0.1) is 0 Å². The van der Waals surface area contributed by atoms with Crippen LogP contribution in [0.1, 0.15) is 32.5 Å². The van der Waals surface area contributed by atoms with E-state index in [-0.39, 0.29) is 24.2 Å². The number of hydrogen-bond acceptors (Lipinski definition) is 3. The topological polar surface area (TPSA) is 41.6 Å². The van der Waals surface area contributed by atoms with Gasteiger partial charge in [0.1, 0.15) is 6.17 Å². The van der Waals surface area contributed by atoms with Crippen LogP contribution in [-0.4, -0.2) is 36.1 Å². The molecule has 104 valence electrons. The first-order chi connectivity index (χ1) is 9.13. The van der Waals surface area contributed by atoms with Crippen molar-refractivity contribution in [3.8, 4) is 0 Å². The molecular formula is C15H22N2O2. The highest BCUT2D eigenvalue weighted by Crippen LogP contribution is 2.25. The molecule has 1 aliphatic rings. The van der Waals surface area contributed by atoms with Crippen molar-refractivity contribution in [3.05, 3.63) is 35.9 Å². The van der Waals surface area contributed by atoms with Crippen molar-refractivity contribution < 1.29 is 9.53 Å². The summed E-state index contributed by atoms with van der Waals surface area (Å²) in [5, 5.41) is 3.34. The highest BCUT2D eigenvalue weighted by atomic mass is 16.5. The molecule has 2 rings (SSSR count). The van der Waals surface area contributed by atoms with Crippen LogP contribution in [-0.2, 0) is 9.53 Å². The van der Waals surface area contributed by atoms with Crippen LogP contribution >= 0.6 is 0 Å². The largest absolute Gasteiger partial charge is 0.377 e. The molecular weight excluding hydrogens is 240 g/mol. The molecule has 4 nitrogen and oxygen atoms in total. The molecule has 0 radical (unpaired) electrons. The lowest BCUT2D eigenvalue weighted by atomic mass is 10.1. The Morgan fingerprint density at radius 2 is 2.05 bits per heavy atom. The van der Waals surface area contributed by atoms with E-state index in [1.807, 2.05) is 56.0 Å². The molecule has 4 heteroatoms. The van der Waals surface area contributed by atoms with Crippen molar-refractivity contribution >= 4 is 5.91 Å². The van der Waals surface area contributed by atoms with Crippen LogP contribution in [0.15, 0.2) is 30.3 Å². The van der Waals surface area contributed by atoms with Gasteiger partial charge >= 0.3 is 0 Å². The summed E-state index contributed by atoms with van der Waals surface area (Å²) in [5.41, 5.74) is 1.11. The van der Waals surface area contributed by atoms with E-state index in [9.17, 15) is 4.79 Å². The van der Waals surface area contributed by atoms with Crippen molar-refractivity contribution in [2.45, 2.75) is 39.1 Å². The van der Waals surface area contributed by atoms with E-state index in [1.54, 1.807) is 0 Å². The van der Waals surface area contributed by atoms with Crippen LogP contribution in [0.2, 0.25) is 0 Å². The molecule has 0 spiro atoms. The Bertz CT molecular complexity index is 421. The summed E-state index contributed by atoms with van der Waals surface area (Å²) < 4.78 is 5.55. The zero-order valence-electron chi connectivity index (χ0n) is 11.8. The van der Waals surface area contributed by atoms with E-state index in [2.05, 4.69) is 5.32 Å². The summed E-state index contributed by atoms with van der Waals surface area (Å²) in [6.07, 6.45) is -0.00105. The van der Waals surface area contributed by atoms with Crippen LogP contribution in [0.5, 0.6) is 0 Å². The molecule has 1 aromatic carbocycles. The minimum absolute atomic E-state index is 0.0484. The fourth-order valence-corrected chi connectivity index (χ4v) is 2.50. The second-order valence-electron chi connectivity index (χ2n) is 4.96. The smallest absolute Gasteiger partial charge is 0.241 e. The first-order valence-corrected chi connectivity index (χ1v) is 6.86. The highest BCUT2D eigenvalue weighted by Gasteiger charge is 2.37. The zero-order chi connectivity index (χ0) is 13.8. The van der Waals surface area contributed by atoms with Gasteiger partial charge in [0.25, 0.3) is 0 Å². The fraction of sp³-hybridized carbons (Fsp3) is 0.533. The molecule has 3 atom stereocenters. The summed E-state index contributed by atoms with van der Waals surface area (Å²) in [7, 11) is 0. The Balaban J connectivity index is 2.15. The number of carbonyl (C=O) groups is 1. The summed E-state index contributed by atoms with van der Waals surface area (Å²) >= 11 is 0. The number of amides is 1. The molecule has 0 aromatic heterocycles. The van der Waals surface area contributed by atoms with Crippen molar-refractivity contribution in [3.63, 3.8) is 0 Å². The lowest BCUT2D eigenvalue weighted by Gasteiger charge is -2.27. The van der Waals surface area contributed by atoms with Crippen molar-refractivity contribution in [2.75, 3.05) is 13.2 Å². The Hall–Kier alpha value is -1.39. The lowest BCUT2D eigenvalue weighted by Crippen LogP contribution is -2.37. The molecule has 19 heavy (non-hydrogen) atoms. The summed E-state index contributed by atoms with van der Waals surface area (Å²) in [4.78, 5) is 14.1. The number of nitrogens with one attached hydrogen (secondary N) is 1. The predicted molar refractivity (Wildman–Crippen MR) is 74.6 cm³/mol. The van der Waals surface area contributed by atoms with Crippen molar-refractivity contribution in [1.29, 1.82) is 0 Å². The number of ether oxygens (including phenoxy) is 1. The molecule has 0 bridgehead atoms. The minimum Gasteiger partial charge on any atom is -0.377 e. The van der Waals surface area contributed by atoms with Gasteiger partial charge in [-0.3, -0.25) is 10.1 Å². The van der Waals surface area contributed by atoms with Crippen LogP contribution in [0, 0.1) is 0 Å². The molecule has 0 aliphatic carbocycles. The van der Waals surface area contributed by atoms with Crippen LogP contribution < -0.4 is 5.32 Å². The van der Waals surface area contributed by atoms with E-state index >= 15 is 0 Å². The van der Waals surface area contributed by atoms with E-state index in [0.717, 1.165) is 5.56 Å². The number of carbonyl (C=O) groups excluding carboxylic acids is 1. The standard InChI is InChI=1S/C15H22N2O2/c1-4-19-11(2)10-17-14(16-12(3)15(17)18)13-8-6-5-7-9-13/h5-9,11-12,14,16H,4,10H2,1-3H3. The van der Waals surface area contributed by atoms with E-state index in [4.69, 9.17) is 4.74 Å². The van der Waals surface area contributed by atoms with Gasteiger partial charge in [0.2, 0.25) is 5.91 Å². The van der Waals surface area contributed by atoms with Crippen LogP contribution in [0.25, 0.3) is 0 Å². The molecule has 1 amide bonds. The maximum absolute atomic E-state index is 12.2. The predicted octanol–water partition coefficient (Wildman–Crippen LogP) is 1.93. The quantitative estimate of drug-likeness (QED) is 0.881. The first-order valence-electron chi connectivity index (χ1n) is 6.86. The molecule has 3 unspecified atom stereocenters. The lowest BCUT2D eigenvalue weighted by molar-refractivity contribution is -0.131. The van der Waals surface area contributed by atoms with E-state index in [0.29, 0.717) is 13.2 Å². The van der Waals surface area contributed by atoms with Crippen molar-refractivity contribution in [2.24, 2.45) is 0 Å². The molecule has 1 saturated heterocycles. The molecule has 1 fully saturated rings. The number of rotatable bonds is 5. The van der Waals surface area contributed by atoms with Gasteiger partial charge in [0.05, 0.1) is 12.1 Å². The second-order valence-corrected chi connectivity index (χ2v) is 4.96. The normalized spacial score (nSPS) is 24.8. The highest BCUT2D eigenvalue weighted by molar-refractivity contribution is 5.84. The first kappa shape index (κ1) is 14.0. The Morgan fingerprint density at radius 3 is 2.68 bits per heavy atom. The van der Waals surface area contributed by atoms with Crippen LogP contribution in [0.4, 0.5) is 0 Å². The molecule has 1 N–H and O–H groups in total. The second kappa shape index (κ2) is 6.17. The minimum atomic E-state index is -0.140. The maximum Gasteiger partial charge on any atom is 0.241 e. The third-order valence-corrected chi connectivity index (χ3v) is 3.39. The monoisotopic (exact) mass is 262 g/mol. The van der Waals surface area contributed by atoms with Gasteiger partial charge in [0, 0.05) is 13.2 Å². The summed E-state index contributed by atoms with van der Waals surface area (Å²) in [5.74, 6) is 0.139. The van der Waals surface area contributed by atoms with E-state index in [1.165, 1.54) is 0 Å². The number of benzene rings is 1. The summed E-state index contributed by atoms with van der Waals surface area (Å²) in [6.45, 7) is 7.16. The Morgan fingerprint density at radius 1 is 1.37 bits per heavy atom. The average molecular weight is 262 g/mol. The van der Waals surface area contributed by atoms with Gasteiger partial charge in [0.15, 0.2) is 0 Å². The number of hydrogen-bond donors (Lipinski definition) is 1. The van der Waals surface area contributed by atoms with Gasteiger partial charge in [-0.05, 0) is 26.3 Å².